The number of hydrogen-bond acceptors (Lipinski definition) is 0. The zero-order valence-electron chi connectivity index (χ0n) is 15.1. The predicted octanol–water partition coefficient (Wildman–Crippen LogP) is 5.07. The lowest BCUT2D eigenvalue weighted by Gasteiger charge is -2.13. The molecule has 2 aromatic carbocycles. The molecule has 0 aliphatic carbocycles. The summed E-state index contributed by atoms with van der Waals surface area (Å²) in [6.45, 7) is 8.65. The van der Waals surface area contributed by atoms with Crippen molar-refractivity contribution < 1.29 is 5.94 Å². The minimum absolute atomic E-state index is 0.502. The summed E-state index contributed by atoms with van der Waals surface area (Å²) in [7, 11) is 2.07. The third-order valence-corrected chi connectivity index (χ3v) is 4.52. The van der Waals surface area contributed by atoms with E-state index in [4.69, 9.17) is 1.37 Å². The number of hydrogen-bond donors (Lipinski definition) is 0. The van der Waals surface area contributed by atoms with Crippen molar-refractivity contribution in [2.75, 3.05) is 0 Å². The predicted molar refractivity (Wildman–Crippen MR) is 94.1 cm³/mol. The average Bonchev–Trinajstić information content (AvgIpc) is 2.54. The molecule has 0 saturated carbocycles. The number of benzene rings is 2. The monoisotopic (exact) mass is 291 g/mol. The molecule has 0 N–H and O–H groups in total. The van der Waals surface area contributed by atoms with Crippen LogP contribution < -0.4 is 4.57 Å². The van der Waals surface area contributed by atoms with Crippen molar-refractivity contribution in [1.29, 1.82) is 0 Å². The Morgan fingerprint density at radius 3 is 2.50 bits per heavy atom. The van der Waals surface area contributed by atoms with Crippen LogP contribution in [-0.4, -0.2) is 0 Å². The summed E-state index contributed by atoms with van der Waals surface area (Å²) < 4.78 is 10.6. The number of fused-ring (bicyclic) bond motifs is 1. The largest absolute Gasteiger partial charge is 0.220 e. The molecule has 0 radical (unpaired) electrons. The summed E-state index contributed by atoms with van der Waals surface area (Å²) in [6, 6.07) is 15.6. The molecule has 0 unspecified atom stereocenters. The molecule has 0 aliphatic heterocycles. The smallest absolute Gasteiger partial charge is 0.198 e. The van der Waals surface area contributed by atoms with Crippen molar-refractivity contribution >= 4 is 10.8 Å². The van der Waals surface area contributed by atoms with Gasteiger partial charge in [-0.1, -0.05) is 44.2 Å². The van der Waals surface area contributed by atoms with E-state index in [-0.39, 0.29) is 0 Å². The fourth-order valence-corrected chi connectivity index (χ4v) is 3.01. The summed E-state index contributed by atoms with van der Waals surface area (Å²) in [5.74, 6) is 0.502. The van der Waals surface area contributed by atoms with Crippen LogP contribution in [0.3, 0.4) is 0 Å². The van der Waals surface area contributed by atoms with Crippen LogP contribution in [0, 0.1) is 13.8 Å². The van der Waals surface area contributed by atoms with Crippen molar-refractivity contribution in [2.24, 2.45) is 7.05 Å². The van der Waals surface area contributed by atoms with Gasteiger partial charge in [-0.05, 0) is 41.5 Å². The summed E-state index contributed by atoms with van der Waals surface area (Å²) in [5, 5.41) is 2.17. The summed E-state index contributed by atoms with van der Waals surface area (Å²) in [4.78, 5) is 0. The molecule has 0 spiro atoms. The highest BCUT2D eigenvalue weighted by molar-refractivity contribution is 5.93. The topological polar surface area (TPSA) is 3.88 Å². The molecule has 1 heterocycles. The zero-order valence-corrected chi connectivity index (χ0v) is 14.1. The van der Waals surface area contributed by atoms with Crippen LogP contribution in [0.15, 0.2) is 48.5 Å². The maximum Gasteiger partial charge on any atom is 0.220 e. The van der Waals surface area contributed by atoms with E-state index in [0.29, 0.717) is 12.0 Å². The highest BCUT2D eigenvalue weighted by atomic mass is 14.9. The van der Waals surface area contributed by atoms with Gasteiger partial charge in [-0.25, -0.2) is 0 Å². The third-order valence-electron chi connectivity index (χ3n) is 4.52. The summed E-state index contributed by atoms with van der Waals surface area (Å²) in [5.41, 5.74) is 6.08. The van der Waals surface area contributed by atoms with Crippen molar-refractivity contribution in [3.63, 3.8) is 0 Å². The lowest BCUT2D eigenvalue weighted by Crippen LogP contribution is -2.35. The number of pyridine rings is 1. The number of rotatable bonds is 2. The van der Waals surface area contributed by atoms with E-state index >= 15 is 0 Å². The fraction of sp³-hybridized carbons (Fsp3) is 0.286. The number of aromatic nitrogens is 1. The van der Waals surface area contributed by atoms with E-state index < -0.39 is 0 Å². The Balaban J connectivity index is 2.44. The van der Waals surface area contributed by atoms with Gasteiger partial charge in [-0.2, -0.15) is 4.57 Å². The third kappa shape index (κ3) is 2.41. The van der Waals surface area contributed by atoms with E-state index in [1.807, 2.05) is 13.0 Å². The molecular formula is C21H24N+. The number of nitrogens with zero attached hydrogens (tertiary/aromatic N) is 1. The molecule has 22 heavy (non-hydrogen) atoms. The van der Waals surface area contributed by atoms with Crippen LogP contribution in [0.1, 0.15) is 38.0 Å². The van der Waals surface area contributed by atoms with Gasteiger partial charge in [0, 0.05) is 18.5 Å². The minimum Gasteiger partial charge on any atom is -0.198 e. The molecule has 0 atom stereocenters. The second-order valence-corrected chi connectivity index (χ2v) is 6.39. The van der Waals surface area contributed by atoms with Crippen molar-refractivity contribution in [2.45, 2.75) is 33.6 Å². The minimum atomic E-state index is 0.502. The highest BCUT2D eigenvalue weighted by Gasteiger charge is 2.19. The Morgan fingerprint density at radius 2 is 1.77 bits per heavy atom. The molecule has 112 valence electrons. The van der Waals surface area contributed by atoms with Gasteiger partial charge < -0.3 is 0 Å². The molecule has 3 rings (SSSR count). The molecule has 3 aromatic rings. The van der Waals surface area contributed by atoms with Gasteiger partial charge in [0.05, 0.1) is 6.76 Å². The lowest BCUT2D eigenvalue weighted by molar-refractivity contribution is -0.665. The zero-order chi connectivity index (χ0) is 16.7. The molecule has 1 aromatic heterocycles. The maximum absolute atomic E-state index is 8.43. The first-order chi connectivity index (χ1) is 10.9. The summed E-state index contributed by atoms with van der Waals surface area (Å²) in [6.07, 6.45) is 0. The average molecular weight is 291 g/mol. The van der Waals surface area contributed by atoms with Crippen molar-refractivity contribution in [1.82, 2.24) is 0 Å². The van der Waals surface area contributed by atoms with Gasteiger partial charge in [0.15, 0.2) is 5.69 Å². The van der Waals surface area contributed by atoms with Crippen LogP contribution >= 0.6 is 0 Å². The quantitative estimate of drug-likeness (QED) is 0.580. The van der Waals surface area contributed by atoms with Gasteiger partial charge in [-0.3, -0.25) is 0 Å². The summed E-state index contributed by atoms with van der Waals surface area (Å²) >= 11 is 0. The van der Waals surface area contributed by atoms with E-state index in [1.165, 1.54) is 22.4 Å². The van der Waals surface area contributed by atoms with Gasteiger partial charge >= 0.3 is 0 Å². The first kappa shape index (κ1) is 13.5. The van der Waals surface area contributed by atoms with Gasteiger partial charge in [-0.15, -0.1) is 0 Å². The molecule has 1 nitrogen and oxygen atoms in total. The van der Waals surface area contributed by atoms with Crippen LogP contribution in [0.25, 0.3) is 22.0 Å². The van der Waals surface area contributed by atoms with E-state index in [0.717, 1.165) is 16.5 Å². The van der Waals surface area contributed by atoms with Crippen molar-refractivity contribution in [3.8, 4) is 11.3 Å². The van der Waals surface area contributed by atoms with Gasteiger partial charge in [0.25, 0.3) is 0 Å². The molecule has 0 saturated heterocycles. The first-order valence-corrected chi connectivity index (χ1v) is 7.90. The van der Waals surface area contributed by atoms with Crippen molar-refractivity contribution in [3.05, 3.63) is 65.3 Å². The first-order valence-electron chi connectivity index (χ1n) is 8.40. The second kappa shape index (κ2) is 5.57. The Bertz CT molecular complexity index is 894. The Hall–Kier alpha value is -2.15. The highest BCUT2D eigenvalue weighted by Crippen LogP contribution is 2.30. The van der Waals surface area contributed by atoms with E-state index in [2.05, 4.69) is 68.8 Å². The van der Waals surface area contributed by atoms with Crippen LogP contribution in [0.4, 0.5) is 0 Å². The molecule has 0 fully saturated rings. The van der Waals surface area contributed by atoms with Gasteiger partial charge in [0.1, 0.15) is 7.05 Å². The molecule has 0 aliphatic rings. The normalized spacial score (nSPS) is 12.0. The van der Waals surface area contributed by atoms with E-state index in [1.54, 1.807) is 0 Å². The Kier molecular flexibility index (Phi) is 3.42. The molecular weight excluding hydrogens is 266 g/mol. The standard InChI is InChI=1S/C21H24N/c1-14(2)17-11-10-15(3)20(13-17)21-19-9-7-6-8-18(19)12-16(4)22(21)5/h6-14H,1-5H3/q+1/i12D. The van der Waals surface area contributed by atoms with Crippen LogP contribution in [0.2, 0.25) is 0 Å². The van der Waals surface area contributed by atoms with Crippen LogP contribution in [0.5, 0.6) is 0 Å². The number of aryl methyl sites for hydroxylation is 1. The van der Waals surface area contributed by atoms with Gasteiger partial charge in [0.2, 0.25) is 5.69 Å². The fourth-order valence-electron chi connectivity index (χ4n) is 3.01. The lowest BCUT2D eigenvalue weighted by atomic mass is 9.93. The molecule has 0 bridgehead atoms. The van der Waals surface area contributed by atoms with Crippen LogP contribution in [-0.2, 0) is 7.05 Å². The second-order valence-electron chi connectivity index (χ2n) is 6.39. The Labute approximate surface area is 134 Å². The molecule has 0 amide bonds. The Morgan fingerprint density at radius 1 is 1.05 bits per heavy atom. The molecule has 1 heteroatoms. The maximum atomic E-state index is 8.43. The van der Waals surface area contributed by atoms with E-state index in [9.17, 15) is 0 Å². The SMILES string of the molecule is [2H]c1c(C)[n+](C)c(-c2cc(C(C)C)ccc2C)c2ccccc12.